The average Bonchev–Trinajstić information content (AvgIpc) is 3.47. The Kier molecular flexibility index (Phi) is 8.22. The van der Waals surface area contributed by atoms with E-state index in [1.54, 1.807) is 36.0 Å². The first-order valence-corrected chi connectivity index (χ1v) is 13.2. The molecule has 13 heteroatoms. The Hall–Kier alpha value is -4.81. The van der Waals surface area contributed by atoms with Crippen LogP contribution in [0.3, 0.4) is 0 Å². The first-order chi connectivity index (χ1) is 19.9. The predicted octanol–water partition coefficient (Wildman–Crippen LogP) is 3.81. The highest BCUT2D eigenvalue weighted by molar-refractivity contribution is 6.33. The van der Waals surface area contributed by atoms with Gasteiger partial charge in [0.05, 0.1) is 36.7 Å². The molecule has 5 rings (SSSR count). The van der Waals surface area contributed by atoms with E-state index in [4.69, 9.17) is 31.8 Å². The zero-order valence-corrected chi connectivity index (χ0v) is 23.1. The molecule has 2 aromatic carbocycles. The van der Waals surface area contributed by atoms with Gasteiger partial charge in [0.25, 0.3) is 5.91 Å². The highest BCUT2D eigenvalue weighted by Crippen LogP contribution is 2.34. The maximum atomic E-state index is 12.6. The number of imidazole rings is 1. The maximum Gasteiger partial charge on any atom is 0.256 e. The van der Waals surface area contributed by atoms with E-state index in [0.717, 1.165) is 24.3 Å². The predicted molar refractivity (Wildman–Crippen MR) is 158 cm³/mol. The van der Waals surface area contributed by atoms with Crippen LogP contribution in [0.15, 0.2) is 61.4 Å². The van der Waals surface area contributed by atoms with Gasteiger partial charge in [-0.2, -0.15) is 4.98 Å². The van der Waals surface area contributed by atoms with Crippen LogP contribution in [-0.2, 0) is 16.1 Å². The van der Waals surface area contributed by atoms with Crippen LogP contribution in [0.5, 0.6) is 5.75 Å². The number of fused-ring (bicyclic) bond motifs is 1. The first kappa shape index (κ1) is 27.7. The zero-order chi connectivity index (χ0) is 28.9. The lowest BCUT2D eigenvalue weighted by atomic mass is 10.2. The number of carbonyl (C=O) groups is 2. The number of morpholine rings is 1. The van der Waals surface area contributed by atoms with Crippen LogP contribution in [0, 0.1) is 0 Å². The summed E-state index contributed by atoms with van der Waals surface area (Å²) in [6.07, 6.45) is 4.40. The monoisotopic (exact) mass is 576 g/mol. The molecule has 3 heterocycles. The van der Waals surface area contributed by atoms with E-state index in [1.165, 1.54) is 6.08 Å². The molecule has 1 fully saturated rings. The molecule has 0 atom stereocenters. The number of rotatable bonds is 10. The Morgan fingerprint density at radius 2 is 2.00 bits per heavy atom. The fourth-order valence-corrected chi connectivity index (χ4v) is 4.66. The summed E-state index contributed by atoms with van der Waals surface area (Å²) in [5.74, 6) is 0.128. The number of nitrogens with zero attached hydrogens (tertiary/aromatic N) is 4. The van der Waals surface area contributed by atoms with Crippen LogP contribution in [0.4, 0.5) is 28.8 Å². The number of anilines is 5. The molecule has 2 aromatic heterocycles. The van der Waals surface area contributed by atoms with Crippen LogP contribution < -0.4 is 31.3 Å². The number of halogens is 1. The summed E-state index contributed by atoms with van der Waals surface area (Å²) >= 11 is 6.24. The number of amides is 2. The quantitative estimate of drug-likeness (QED) is 0.207. The van der Waals surface area contributed by atoms with E-state index in [1.807, 2.05) is 24.3 Å². The summed E-state index contributed by atoms with van der Waals surface area (Å²) < 4.78 is 12.8. The molecule has 4 aromatic rings. The van der Waals surface area contributed by atoms with Gasteiger partial charge in [-0.1, -0.05) is 24.2 Å². The van der Waals surface area contributed by atoms with Crippen LogP contribution in [0.2, 0.25) is 5.02 Å². The Labute approximate surface area is 241 Å². The summed E-state index contributed by atoms with van der Waals surface area (Å²) in [6, 6.07) is 11.0. The summed E-state index contributed by atoms with van der Waals surface area (Å²) in [5, 5.41) is 9.57. The Morgan fingerprint density at radius 3 is 2.73 bits per heavy atom. The number of carbonyl (C=O) groups excluding carboxylic acids is 2. The highest BCUT2D eigenvalue weighted by Gasteiger charge is 2.21. The van der Waals surface area contributed by atoms with Crippen LogP contribution in [0.25, 0.3) is 5.65 Å². The van der Waals surface area contributed by atoms with Crippen molar-refractivity contribution in [1.29, 1.82) is 0 Å². The topological polar surface area (TPSA) is 148 Å². The van der Waals surface area contributed by atoms with Crippen molar-refractivity contribution in [2.45, 2.75) is 6.54 Å². The second-order valence-corrected chi connectivity index (χ2v) is 9.52. The van der Waals surface area contributed by atoms with Gasteiger partial charge >= 0.3 is 0 Å². The number of nitrogens with one attached hydrogen (secondary N) is 3. The Balaban J connectivity index is 1.46. The largest absolute Gasteiger partial charge is 0.494 e. The maximum absolute atomic E-state index is 12.6. The molecular formula is C28H29ClN8O4. The molecule has 1 saturated heterocycles. The van der Waals surface area contributed by atoms with Gasteiger partial charge in [-0.3, -0.25) is 14.0 Å². The van der Waals surface area contributed by atoms with Crippen molar-refractivity contribution in [3.8, 4) is 5.75 Å². The van der Waals surface area contributed by atoms with Crippen LogP contribution >= 0.6 is 11.6 Å². The molecule has 2 amide bonds. The van der Waals surface area contributed by atoms with Crippen LogP contribution in [0.1, 0.15) is 15.9 Å². The Morgan fingerprint density at radius 1 is 1.20 bits per heavy atom. The van der Waals surface area contributed by atoms with E-state index in [0.29, 0.717) is 53.5 Å². The minimum atomic E-state index is -0.688. The molecule has 212 valence electrons. The normalized spacial score (nSPS) is 13.1. The molecule has 41 heavy (non-hydrogen) atoms. The molecule has 0 unspecified atom stereocenters. The number of benzene rings is 2. The van der Waals surface area contributed by atoms with Gasteiger partial charge in [-0.05, 0) is 35.9 Å². The number of aromatic nitrogens is 3. The van der Waals surface area contributed by atoms with E-state index in [-0.39, 0.29) is 17.3 Å². The number of nitrogens with two attached hydrogens (primary N) is 1. The first-order valence-electron chi connectivity index (χ1n) is 12.8. The third-order valence-corrected chi connectivity index (χ3v) is 6.86. The fraction of sp³-hybridized carbons (Fsp3) is 0.214. The lowest BCUT2D eigenvalue weighted by Gasteiger charge is -2.29. The van der Waals surface area contributed by atoms with Gasteiger partial charge in [0.2, 0.25) is 11.9 Å². The lowest BCUT2D eigenvalue weighted by molar-refractivity contribution is -0.111. The van der Waals surface area contributed by atoms with Crippen molar-refractivity contribution >= 4 is 57.9 Å². The van der Waals surface area contributed by atoms with E-state index in [2.05, 4.69) is 32.4 Å². The smallest absolute Gasteiger partial charge is 0.256 e. The zero-order valence-electron chi connectivity index (χ0n) is 22.3. The molecule has 0 saturated carbocycles. The number of methoxy groups -OCH3 is 1. The number of hydrogen-bond acceptors (Lipinski definition) is 9. The molecule has 1 aliphatic rings. The molecular weight excluding hydrogens is 548 g/mol. The number of hydrogen-bond donors (Lipinski definition) is 4. The third-order valence-electron chi connectivity index (χ3n) is 6.53. The molecule has 0 bridgehead atoms. The van der Waals surface area contributed by atoms with Crippen LogP contribution in [-0.4, -0.2) is 59.6 Å². The summed E-state index contributed by atoms with van der Waals surface area (Å²) in [7, 11) is 1.58. The second-order valence-electron chi connectivity index (χ2n) is 9.11. The molecule has 0 aliphatic carbocycles. The highest BCUT2D eigenvalue weighted by atomic mass is 35.5. The van der Waals surface area contributed by atoms with Crippen molar-refractivity contribution in [1.82, 2.24) is 14.4 Å². The average molecular weight is 577 g/mol. The van der Waals surface area contributed by atoms with Gasteiger partial charge < -0.3 is 36.1 Å². The standard InChI is InChI=1S/C28H29ClN8O4/c1-3-23(38)33-21-14-17(4-6-19(21)29)16-32-28-35-26(24(25(30)39)27-31-8-9-37(27)28)34-20-7-5-18(15-22(20)40-2)36-10-12-41-13-11-36/h3-9,14-15,34H,1,10-13,16H2,2H3,(H2,30,39)(H,32,35)(H,33,38). The second kappa shape index (κ2) is 12.1. The van der Waals surface area contributed by atoms with Gasteiger partial charge in [-0.15, -0.1) is 0 Å². The third kappa shape index (κ3) is 6.03. The molecule has 0 spiro atoms. The van der Waals surface area contributed by atoms with Crippen molar-refractivity contribution in [3.63, 3.8) is 0 Å². The Bertz CT molecular complexity index is 1620. The molecule has 5 N–H and O–H groups in total. The van der Waals surface area contributed by atoms with E-state index < -0.39 is 5.91 Å². The number of primary amides is 1. The van der Waals surface area contributed by atoms with E-state index in [9.17, 15) is 9.59 Å². The van der Waals surface area contributed by atoms with Gasteiger partial charge in [-0.25, -0.2) is 4.98 Å². The molecule has 1 aliphatic heterocycles. The molecule has 0 radical (unpaired) electrons. The van der Waals surface area contributed by atoms with Crippen molar-refractivity contribution in [2.24, 2.45) is 5.73 Å². The van der Waals surface area contributed by atoms with Gasteiger partial charge in [0.1, 0.15) is 11.3 Å². The minimum Gasteiger partial charge on any atom is -0.494 e. The van der Waals surface area contributed by atoms with E-state index >= 15 is 0 Å². The summed E-state index contributed by atoms with van der Waals surface area (Å²) in [6.45, 7) is 6.67. The minimum absolute atomic E-state index is 0.126. The fourth-order valence-electron chi connectivity index (χ4n) is 4.49. The summed E-state index contributed by atoms with van der Waals surface area (Å²) in [4.78, 5) is 35.6. The van der Waals surface area contributed by atoms with Crippen molar-refractivity contribution in [2.75, 3.05) is 54.3 Å². The van der Waals surface area contributed by atoms with Crippen molar-refractivity contribution in [3.05, 3.63) is 77.6 Å². The van der Waals surface area contributed by atoms with Gasteiger partial charge in [0.15, 0.2) is 11.5 Å². The molecule has 12 nitrogen and oxygen atoms in total. The number of ether oxygens (including phenoxy) is 2. The SMILES string of the molecule is C=CC(=O)Nc1cc(CNc2nc(Nc3ccc(N4CCOCC4)cc3OC)c(C(N)=O)c3nccn23)ccc1Cl. The summed E-state index contributed by atoms with van der Waals surface area (Å²) in [5.41, 5.74) is 9.11. The lowest BCUT2D eigenvalue weighted by Crippen LogP contribution is -2.36. The van der Waals surface area contributed by atoms with Gasteiger partial charge in [0, 0.05) is 43.8 Å². The van der Waals surface area contributed by atoms with Crippen molar-refractivity contribution < 1.29 is 19.1 Å².